The van der Waals surface area contributed by atoms with Crippen molar-refractivity contribution < 1.29 is 5.48 Å². The van der Waals surface area contributed by atoms with Crippen LogP contribution in [0, 0.1) is 4.64 Å². The Labute approximate surface area is 79.0 Å². The topological polar surface area (TPSA) is 99.1 Å². The molecule has 2 aromatic heterocycles. The van der Waals surface area contributed by atoms with Crippen molar-refractivity contribution >= 4 is 29.2 Å². The zero-order valence-electron chi connectivity index (χ0n) is 6.61. The number of nitrogens with two attached hydrogens (primary N) is 1. The van der Waals surface area contributed by atoms with E-state index in [2.05, 4.69) is 15.0 Å². The molecule has 0 spiro atoms. The maximum absolute atomic E-state index is 5.45. The van der Waals surface area contributed by atoms with E-state index in [1.54, 1.807) is 6.20 Å². The summed E-state index contributed by atoms with van der Waals surface area (Å²) in [5.74, 6) is 0.297. The first kappa shape index (κ1) is 9.56. The van der Waals surface area contributed by atoms with Gasteiger partial charge in [-0.25, -0.2) is 9.97 Å². The minimum absolute atomic E-state index is 0. The maximum Gasteiger partial charge on any atom is 0.200 e. The van der Waals surface area contributed by atoms with Gasteiger partial charge < -0.3 is 16.2 Å². The summed E-state index contributed by atoms with van der Waals surface area (Å²) in [5, 5.41) is 0.821. The average molecular weight is 196 g/mol. The number of aromatic amines is 1. The molecular formula is C7H8N4OS. The third-order valence-electron chi connectivity index (χ3n) is 1.51. The number of H-pyrrole nitrogens is 1. The van der Waals surface area contributed by atoms with Crippen molar-refractivity contribution in [2.75, 3.05) is 5.73 Å². The number of pyridine rings is 1. The van der Waals surface area contributed by atoms with Crippen LogP contribution in [0.1, 0.15) is 0 Å². The molecule has 68 valence electrons. The lowest BCUT2D eigenvalue weighted by atomic mass is 10.3. The molecule has 0 aliphatic rings. The summed E-state index contributed by atoms with van der Waals surface area (Å²) in [5.41, 5.74) is 6.13. The van der Waals surface area contributed by atoms with Gasteiger partial charge in [0.2, 0.25) is 0 Å². The van der Waals surface area contributed by atoms with Gasteiger partial charge in [0.15, 0.2) is 5.95 Å². The Kier molecular flexibility index (Phi) is 2.54. The number of fused-ring (bicyclic) bond motifs is 1. The Bertz CT molecular complexity index is 481. The van der Waals surface area contributed by atoms with Gasteiger partial charge in [-0.2, -0.15) is 0 Å². The van der Waals surface area contributed by atoms with Crippen molar-refractivity contribution in [2.24, 2.45) is 0 Å². The number of rotatable bonds is 0. The predicted molar refractivity (Wildman–Crippen MR) is 52.7 cm³/mol. The molecule has 0 aromatic carbocycles. The van der Waals surface area contributed by atoms with Gasteiger partial charge in [-0.15, -0.1) is 0 Å². The quantitative estimate of drug-likeness (QED) is 0.597. The summed E-state index contributed by atoms with van der Waals surface area (Å²) in [6.07, 6.45) is 1.67. The lowest BCUT2D eigenvalue weighted by molar-refractivity contribution is 0.824. The normalized spacial score (nSPS) is 9.54. The van der Waals surface area contributed by atoms with E-state index < -0.39 is 0 Å². The van der Waals surface area contributed by atoms with E-state index in [0.29, 0.717) is 16.2 Å². The summed E-state index contributed by atoms with van der Waals surface area (Å²) in [7, 11) is 0. The number of anilines is 1. The zero-order valence-corrected chi connectivity index (χ0v) is 7.43. The molecule has 0 saturated carbocycles. The third kappa shape index (κ3) is 1.63. The van der Waals surface area contributed by atoms with Crippen LogP contribution in [0.2, 0.25) is 0 Å². The van der Waals surface area contributed by atoms with E-state index in [9.17, 15) is 0 Å². The molecule has 0 aliphatic heterocycles. The Balaban J connectivity index is 0.000000845. The average Bonchev–Trinajstić information content (AvgIpc) is 2.04. The molecule has 5 nitrogen and oxygen atoms in total. The highest BCUT2D eigenvalue weighted by Crippen LogP contribution is 2.09. The minimum Gasteiger partial charge on any atom is -0.412 e. The van der Waals surface area contributed by atoms with Crippen molar-refractivity contribution in [3.63, 3.8) is 0 Å². The number of nitrogens with one attached hydrogen (secondary N) is 1. The molecular weight excluding hydrogens is 188 g/mol. The molecule has 0 unspecified atom stereocenters. The third-order valence-corrected chi connectivity index (χ3v) is 1.82. The first-order chi connectivity index (χ1) is 5.77. The van der Waals surface area contributed by atoms with Crippen LogP contribution in [0.15, 0.2) is 18.3 Å². The smallest absolute Gasteiger partial charge is 0.200 e. The summed E-state index contributed by atoms with van der Waals surface area (Å²) in [6.45, 7) is 0. The van der Waals surface area contributed by atoms with E-state index in [1.807, 2.05) is 12.1 Å². The summed E-state index contributed by atoms with van der Waals surface area (Å²) >= 11 is 4.99. The molecule has 2 rings (SSSR count). The number of nitrogen functional groups attached to an aromatic ring is 1. The van der Waals surface area contributed by atoms with E-state index in [0.717, 1.165) is 5.39 Å². The van der Waals surface area contributed by atoms with Gasteiger partial charge in [-0.05, 0) is 12.1 Å². The van der Waals surface area contributed by atoms with Gasteiger partial charge in [-0.1, -0.05) is 12.2 Å². The van der Waals surface area contributed by atoms with E-state index >= 15 is 0 Å². The van der Waals surface area contributed by atoms with Gasteiger partial charge >= 0.3 is 0 Å². The molecule has 0 fully saturated rings. The Morgan fingerprint density at radius 2 is 2.23 bits per heavy atom. The molecule has 6 heteroatoms. The second-order valence-electron chi connectivity index (χ2n) is 2.33. The first-order valence-electron chi connectivity index (χ1n) is 3.38. The largest absolute Gasteiger partial charge is 0.412 e. The standard InChI is InChI=1S/C7H6N4S.H2O/c8-7-10-5-4(6(12)11-7)2-1-3-9-5;/h1-3H,(H3,8,9,10,11,12);1H2. The molecule has 0 radical (unpaired) electrons. The molecule has 0 amide bonds. The van der Waals surface area contributed by atoms with Crippen molar-refractivity contribution in [1.82, 2.24) is 15.0 Å². The fraction of sp³-hybridized carbons (Fsp3) is 0. The predicted octanol–water partition coefficient (Wildman–Crippen LogP) is 0.445. The second-order valence-corrected chi connectivity index (χ2v) is 2.71. The monoisotopic (exact) mass is 196 g/mol. The van der Waals surface area contributed by atoms with Crippen LogP contribution in [-0.2, 0) is 0 Å². The molecule has 2 heterocycles. The number of hydrogen-bond donors (Lipinski definition) is 2. The number of hydrogen-bond acceptors (Lipinski definition) is 4. The van der Waals surface area contributed by atoms with E-state index in [4.69, 9.17) is 18.0 Å². The summed E-state index contributed by atoms with van der Waals surface area (Å²) in [4.78, 5) is 10.8. The number of nitrogens with zero attached hydrogens (tertiary/aromatic N) is 2. The van der Waals surface area contributed by atoms with Gasteiger partial charge in [0.25, 0.3) is 0 Å². The van der Waals surface area contributed by atoms with Crippen molar-refractivity contribution in [2.45, 2.75) is 0 Å². The summed E-state index contributed by atoms with van der Waals surface area (Å²) in [6, 6.07) is 3.66. The maximum atomic E-state index is 5.45. The van der Waals surface area contributed by atoms with Crippen LogP contribution in [-0.4, -0.2) is 20.4 Å². The van der Waals surface area contributed by atoms with Gasteiger partial charge in [-0.3, -0.25) is 0 Å². The summed E-state index contributed by atoms with van der Waals surface area (Å²) < 4.78 is 0.481. The Morgan fingerprint density at radius 1 is 1.46 bits per heavy atom. The van der Waals surface area contributed by atoms with E-state index in [1.165, 1.54) is 0 Å². The number of aromatic nitrogens is 3. The minimum atomic E-state index is 0. The van der Waals surface area contributed by atoms with Gasteiger partial charge in [0.05, 0.1) is 5.39 Å². The first-order valence-corrected chi connectivity index (χ1v) is 3.79. The SMILES string of the molecule is Nc1nc(=S)c2cccnc2[nH]1.O. The van der Waals surface area contributed by atoms with Crippen LogP contribution < -0.4 is 5.73 Å². The van der Waals surface area contributed by atoms with Crippen LogP contribution >= 0.6 is 12.2 Å². The molecule has 0 atom stereocenters. The Hall–Kier alpha value is -1.53. The molecule has 13 heavy (non-hydrogen) atoms. The Morgan fingerprint density at radius 3 is 3.00 bits per heavy atom. The molecule has 2 aromatic rings. The fourth-order valence-corrected chi connectivity index (χ4v) is 1.26. The molecule has 0 saturated heterocycles. The van der Waals surface area contributed by atoms with Crippen LogP contribution in [0.4, 0.5) is 5.95 Å². The zero-order chi connectivity index (χ0) is 8.55. The lowest BCUT2D eigenvalue weighted by Crippen LogP contribution is -1.96. The van der Waals surface area contributed by atoms with Crippen LogP contribution in [0.3, 0.4) is 0 Å². The van der Waals surface area contributed by atoms with Crippen LogP contribution in [0.25, 0.3) is 11.0 Å². The molecule has 0 aliphatic carbocycles. The van der Waals surface area contributed by atoms with Crippen LogP contribution in [0.5, 0.6) is 0 Å². The van der Waals surface area contributed by atoms with Gasteiger partial charge in [0.1, 0.15) is 10.3 Å². The molecule has 0 bridgehead atoms. The van der Waals surface area contributed by atoms with Crippen molar-refractivity contribution in [3.05, 3.63) is 23.0 Å². The highest BCUT2D eigenvalue weighted by molar-refractivity contribution is 7.71. The highest BCUT2D eigenvalue weighted by Gasteiger charge is 1.96. The lowest BCUT2D eigenvalue weighted by Gasteiger charge is -1.97. The van der Waals surface area contributed by atoms with Gasteiger partial charge in [0, 0.05) is 6.20 Å². The van der Waals surface area contributed by atoms with Crippen molar-refractivity contribution in [1.29, 1.82) is 0 Å². The van der Waals surface area contributed by atoms with Crippen molar-refractivity contribution in [3.8, 4) is 0 Å². The second kappa shape index (κ2) is 3.46. The van der Waals surface area contributed by atoms with E-state index in [-0.39, 0.29) is 5.48 Å². The fourth-order valence-electron chi connectivity index (χ4n) is 0.996. The molecule has 5 N–H and O–H groups in total. The highest BCUT2D eigenvalue weighted by atomic mass is 32.1.